The van der Waals surface area contributed by atoms with Crippen LogP contribution in [0.4, 0.5) is 17.3 Å². The van der Waals surface area contributed by atoms with Crippen LogP contribution >= 0.6 is 0 Å². The van der Waals surface area contributed by atoms with Crippen molar-refractivity contribution < 1.29 is 9.53 Å². The number of benzene rings is 1. The molecular formula is C32H37N9O2. The van der Waals surface area contributed by atoms with Crippen LogP contribution in [0.1, 0.15) is 36.0 Å². The molecule has 0 bridgehead atoms. The van der Waals surface area contributed by atoms with Gasteiger partial charge in [0.25, 0.3) is 5.91 Å². The Labute approximate surface area is 250 Å². The Balaban J connectivity index is 1.09. The Morgan fingerprint density at radius 2 is 1.88 bits per heavy atom. The molecule has 0 unspecified atom stereocenters. The van der Waals surface area contributed by atoms with Gasteiger partial charge in [0.05, 0.1) is 23.4 Å². The number of piperazine rings is 1. The smallest absolute Gasteiger partial charge is 0.255 e. The lowest BCUT2D eigenvalue weighted by atomic mass is 9.93. The highest BCUT2D eigenvalue weighted by Gasteiger charge is 2.24. The van der Waals surface area contributed by atoms with Crippen molar-refractivity contribution >= 4 is 39.8 Å². The maximum Gasteiger partial charge on any atom is 0.255 e. The fraction of sp³-hybridized carbons (Fsp3) is 0.375. The molecule has 1 saturated heterocycles. The molecule has 1 aliphatic heterocycles. The molecule has 43 heavy (non-hydrogen) atoms. The van der Waals surface area contributed by atoms with E-state index >= 15 is 0 Å². The molecular weight excluding hydrogens is 542 g/mol. The van der Waals surface area contributed by atoms with E-state index in [1.165, 1.54) is 5.69 Å². The van der Waals surface area contributed by atoms with E-state index in [9.17, 15) is 4.79 Å². The Bertz CT molecular complexity index is 1750. The molecule has 2 fully saturated rings. The maximum absolute atomic E-state index is 13.2. The molecule has 222 valence electrons. The Morgan fingerprint density at radius 1 is 1.05 bits per heavy atom. The largest absolute Gasteiger partial charge is 0.381 e. The third kappa shape index (κ3) is 5.65. The zero-order valence-electron chi connectivity index (χ0n) is 24.6. The molecule has 5 aromatic rings. The predicted octanol–water partition coefficient (Wildman–Crippen LogP) is 4.46. The van der Waals surface area contributed by atoms with Gasteiger partial charge in [-0.25, -0.2) is 9.50 Å². The first-order valence-corrected chi connectivity index (χ1v) is 15.0. The van der Waals surface area contributed by atoms with Crippen molar-refractivity contribution in [1.82, 2.24) is 34.8 Å². The van der Waals surface area contributed by atoms with Crippen LogP contribution in [-0.2, 0) is 4.74 Å². The zero-order valence-corrected chi connectivity index (χ0v) is 24.6. The van der Waals surface area contributed by atoms with Crippen LogP contribution in [0, 0.1) is 0 Å². The summed E-state index contributed by atoms with van der Waals surface area (Å²) in [5.74, 6) is 0.434. The molecule has 4 aromatic heterocycles. The van der Waals surface area contributed by atoms with Crippen molar-refractivity contribution in [2.45, 2.75) is 37.8 Å². The summed E-state index contributed by atoms with van der Waals surface area (Å²) < 4.78 is 7.21. The maximum atomic E-state index is 13.2. The Hall–Kier alpha value is -4.48. The van der Waals surface area contributed by atoms with Crippen LogP contribution in [-0.4, -0.2) is 87.9 Å². The fourth-order valence-electron chi connectivity index (χ4n) is 6.21. The number of ether oxygens (including phenoxy) is 1. The van der Waals surface area contributed by atoms with Crippen molar-refractivity contribution in [1.29, 1.82) is 0 Å². The number of carbonyl (C=O) groups is 1. The SMILES string of the molecule is CO[C@H]1CC[C@H](NC(=O)c2cnn3ccc(-c4c[nH]c5nc(Nc6cccc(N7CCN(C)CC7)c6)ncc45)cc23)CC1. The lowest BCUT2D eigenvalue weighted by Gasteiger charge is -2.34. The highest BCUT2D eigenvalue weighted by molar-refractivity contribution is 6.02. The predicted molar refractivity (Wildman–Crippen MR) is 168 cm³/mol. The topological polar surface area (TPSA) is 116 Å². The van der Waals surface area contributed by atoms with Crippen LogP contribution < -0.4 is 15.5 Å². The number of aromatic amines is 1. The number of nitrogens with zero attached hydrogens (tertiary/aromatic N) is 6. The molecule has 0 spiro atoms. The minimum absolute atomic E-state index is 0.0947. The summed E-state index contributed by atoms with van der Waals surface area (Å²) in [6, 6.07) is 12.5. The summed E-state index contributed by atoms with van der Waals surface area (Å²) in [5.41, 5.74) is 6.13. The molecule has 5 heterocycles. The fourth-order valence-corrected chi connectivity index (χ4v) is 6.21. The summed E-state index contributed by atoms with van der Waals surface area (Å²) in [6.45, 7) is 4.15. The van der Waals surface area contributed by atoms with E-state index in [0.717, 1.165) is 85.2 Å². The van der Waals surface area contributed by atoms with Crippen molar-refractivity contribution in [3.8, 4) is 11.1 Å². The van der Waals surface area contributed by atoms with Gasteiger partial charge in [-0.05, 0) is 68.6 Å². The molecule has 1 saturated carbocycles. The summed E-state index contributed by atoms with van der Waals surface area (Å²) in [6.07, 6.45) is 11.4. The second-order valence-corrected chi connectivity index (χ2v) is 11.6. The summed E-state index contributed by atoms with van der Waals surface area (Å²) in [4.78, 5) is 30.7. The van der Waals surface area contributed by atoms with Crippen molar-refractivity contribution in [2.24, 2.45) is 0 Å². The second-order valence-electron chi connectivity index (χ2n) is 11.6. The first kappa shape index (κ1) is 27.4. The number of methoxy groups -OCH3 is 1. The lowest BCUT2D eigenvalue weighted by Crippen LogP contribution is -2.44. The molecule has 7 rings (SSSR count). The number of fused-ring (bicyclic) bond motifs is 2. The average Bonchev–Trinajstić information content (AvgIpc) is 3.66. The summed E-state index contributed by atoms with van der Waals surface area (Å²) in [7, 11) is 3.92. The first-order valence-electron chi connectivity index (χ1n) is 15.0. The van der Waals surface area contributed by atoms with Gasteiger partial charge in [-0.2, -0.15) is 10.1 Å². The second kappa shape index (κ2) is 11.7. The number of rotatable bonds is 7. The van der Waals surface area contributed by atoms with Crippen LogP contribution in [0.15, 0.2) is 61.2 Å². The number of aromatic nitrogens is 5. The molecule has 0 radical (unpaired) electrons. The first-order chi connectivity index (χ1) is 21.0. The van der Waals surface area contributed by atoms with E-state index in [1.54, 1.807) is 17.8 Å². The Kier molecular flexibility index (Phi) is 7.42. The van der Waals surface area contributed by atoms with Crippen molar-refractivity contribution in [3.63, 3.8) is 0 Å². The van der Waals surface area contributed by atoms with Gasteiger partial charge >= 0.3 is 0 Å². The molecule has 1 amide bonds. The number of amides is 1. The molecule has 0 atom stereocenters. The van der Waals surface area contributed by atoms with Gasteiger partial charge in [0.2, 0.25) is 5.95 Å². The number of hydrogen-bond donors (Lipinski definition) is 3. The number of pyridine rings is 1. The monoisotopic (exact) mass is 579 g/mol. The molecule has 2 aliphatic rings. The molecule has 1 aromatic carbocycles. The van der Waals surface area contributed by atoms with E-state index in [0.29, 0.717) is 11.5 Å². The molecule has 11 nitrogen and oxygen atoms in total. The summed E-state index contributed by atoms with van der Waals surface area (Å²) >= 11 is 0. The van der Waals surface area contributed by atoms with Gasteiger partial charge in [-0.15, -0.1) is 0 Å². The normalized spacial score (nSPS) is 19.6. The van der Waals surface area contributed by atoms with Gasteiger partial charge < -0.3 is 30.2 Å². The number of nitrogens with one attached hydrogen (secondary N) is 3. The van der Waals surface area contributed by atoms with Crippen LogP contribution in [0.2, 0.25) is 0 Å². The van der Waals surface area contributed by atoms with E-state index < -0.39 is 0 Å². The molecule has 11 heteroatoms. The van der Waals surface area contributed by atoms with E-state index in [1.807, 2.05) is 36.8 Å². The molecule has 3 N–H and O–H groups in total. The van der Waals surface area contributed by atoms with E-state index in [2.05, 4.69) is 60.7 Å². The highest BCUT2D eigenvalue weighted by Crippen LogP contribution is 2.30. The number of anilines is 3. The number of hydrogen-bond acceptors (Lipinski definition) is 8. The van der Waals surface area contributed by atoms with Gasteiger partial charge in [0, 0.05) is 80.2 Å². The quantitative estimate of drug-likeness (QED) is 0.259. The van der Waals surface area contributed by atoms with Gasteiger partial charge in [0.15, 0.2) is 0 Å². The standard InChI is InChI=1S/C32H37N9O2/c1-39-12-14-40(15-13-39)24-5-3-4-23(17-24)37-32-34-19-27-26(18-33-30(27)38-32)21-10-11-41-29(16-21)28(20-35-41)31(42)36-22-6-8-25(43-2)9-7-22/h3-5,10-11,16-20,22,25H,6-9,12-15H2,1-2H3,(H,36,42)(H2,33,34,37,38)/t22-,25-. The van der Waals surface area contributed by atoms with Gasteiger partial charge in [-0.3, -0.25) is 4.79 Å². The average molecular weight is 580 g/mol. The number of likely N-dealkylation sites (N-methyl/N-ethyl adjacent to an activating group) is 1. The van der Waals surface area contributed by atoms with Crippen molar-refractivity contribution in [3.05, 3.63) is 66.7 Å². The van der Waals surface area contributed by atoms with Gasteiger partial charge in [-0.1, -0.05) is 6.07 Å². The number of H-pyrrole nitrogens is 1. The van der Waals surface area contributed by atoms with Crippen LogP contribution in [0.25, 0.3) is 27.7 Å². The highest BCUT2D eigenvalue weighted by atomic mass is 16.5. The van der Waals surface area contributed by atoms with Gasteiger partial charge in [0.1, 0.15) is 5.65 Å². The van der Waals surface area contributed by atoms with Crippen molar-refractivity contribution in [2.75, 3.05) is 50.6 Å². The third-order valence-corrected chi connectivity index (χ3v) is 8.82. The third-order valence-electron chi connectivity index (χ3n) is 8.82. The molecule has 1 aliphatic carbocycles. The van der Waals surface area contributed by atoms with E-state index in [4.69, 9.17) is 9.72 Å². The van der Waals surface area contributed by atoms with Crippen LogP contribution in [0.5, 0.6) is 0 Å². The van der Waals surface area contributed by atoms with Crippen LogP contribution in [0.3, 0.4) is 0 Å². The number of carbonyl (C=O) groups excluding carboxylic acids is 1. The minimum Gasteiger partial charge on any atom is -0.381 e. The van der Waals surface area contributed by atoms with E-state index in [-0.39, 0.29) is 18.1 Å². The zero-order chi connectivity index (χ0) is 29.3. The minimum atomic E-state index is -0.0947. The summed E-state index contributed by atoms with van der Waals surface area (Å²) in [5, 5.41) is 11.9. The lowest BCUT2D eigenvalue weighted by molar-refractivity contribution is 0.0599. The Morgan fingerprint density at radius 3 is 2.70 bits per heavy atom.